The van der Waals surface area contributed by atoms with E-state index in [0.717, 1.165) is 5.02 Å². The molecular formula is C13H14ClN. The van der Waals surface area contributed by atoms with Crippen LogP contribution in [0.5, 0.6) is 0 Å². The standard InChI is InChI=1S/C13H14ClN/c14-11-4-2-1-3-10(11)12-8-5-6-9(7-8)13(12)15/h1-6,8-9,12-13H,7,15H2. The van der Waals surface area contributed by atoms with E-state index in [2.05, 4.69) is 18.2 Å². The minimum absolute atomic E-state index is 0.250. The quantitative estimate of drug-likeness (QED) is 0.723. The van der Waals surface area contributed by atoms with E-state index < -0.39 is 0 Å². The zero-order chi connectivity index (χ0) is 10.4. The van der Waals surface area contributed by atoms with Crippen molar-refractivity contribution in [3.63, 3.8) is 0 Å². The van der Waals surface area contributed by atoms with Gasteiger partial charge in [0.05, 0.1) is 0 Å². The smallest absolute Gasteiger partial charge is 0.0441 e. The van der Waals surface area contributed by atoms with Crippen LogP contribution in [0.1, 0.15) is 17.9 Å². The Kier molecular flexibility index (Phi) is 2.11. The zero-order valence-electron chi connectivity index (χ0n) is 8.44. The van der Waals surface area contributed by atoms with Crippen LogP contribution >= 0.6 is 11.6 Å². The van der Waals surface area contributed by atoms with E-state index in [-0.39, 0.29) is 6.04 Å². The first-order valence-electron chi connectivity index (χ1n) is 5.45. The van der Waals surface area contributed by atoms with E-state index in [9.17, 15) is 0 Å². The molecule has 0 aliphatic heterocycles. The number of hydrogen-bond acceptors (Lipinski definition) is 1. The Morgan fingerprint density at radius 1 is 1.13 bits per heavy atom. The number of hydrogen-bond donors (Lipinski definition) is 1. The van der Waals surface area contributed by atoms with Crippen molar-refractivity contribution in [1.82, 2.24) is 0 Å². The second kappa shape index (κ2) is 3.36. The van der Waals surface area contributed by atoms with E-state index in [0.29, 0.717) is 17.8 Å². The van der Waals surface area contributed by atoms with Gasteiger partial charge in [0, 0.05) is 17.0 Å². The summed E-state index contributed by atoms with van der Waals surface area (Å²) < 4.78 is 0. The van der Waals surface area contributed by atoms with Crippen molar-refractivity contribution >= 4 is 11.6 Å². The molecule has 3 rings (SSSR count). The Morgan fingerprint density at radius 2 is 1.87 bits per heavy atom. The molecule has 1 aromatic carbocycles. The maximum atomic E-state index is 6.26. The minimum Gasteiger partial charge on any atom is -0.327 e. The van der Waals surface area contributed by atoms with Gasteiger partial charge in [-0.2, -0.15) is 0 Å². The summed E-state index contributed by atoms with van der Waals surface area (Å²) in [5.74, 6) is 1.59. The SMILES string of the molecule is NC1C2C=CC(C2)C1c1ccccc1Cl. The largest absolute Gasteiger partial charge is 0.327 e. The molecule has 0 saturated heterocycles. The highest BCUT2D eigenvalue weighted by atomic mass is 35.5. The normalized spacial score (nSPS) is 37.5. The van der Waals surface area contributed by atoms with E-state index >= 15 is 0 Å². The van der Waals surface area contributed by atoms with Gasteiger partial charge in [-0.3, -0.25) is 0 Å². The number of allylic oxidation sites excluding steroid dienone is 1. The molecule has 1 nitrogen and oxygen atoms in total. The van der Waals surface area contributed by atoms with Gasteiger partial charge in [0.1, 0.15) is 0 Å². The lowest BCUT2D eigenvalue weighted by atomic mass is 9.83. The van der Waals surface area contributed by atoms with E-state index in [1.807, 2.05) is 18.2 Å². The van der Waals surface area contributed by atoms with Gasteiger partial charge in [-0.1, -0.05) is 42.0 Å². The molecule has 1 aromatic rings. The summed E-state index contributed by atoms with van der Waals surface area (Å²) in [6, 6.07) is 8.34. The van der Waals surface area contributed by atoms with Crippen LogP contribution in [-0.2, 0) is 0 Å². The Bertz CT molecular complexity index is 413. The molecular weight excluding hydrogens is 206 g/mol. The van der Waals surface area contributed by atoms with Crippen LogP contribution in [0.15, 0.2) is 36.4 Å². The first kappa shape index (κ1) is 9.44. The first-order valence-corrected chi connectivity index (χ1v) is 5.83. The molecule has 1 fully saturated rings. The van der Waals surface area contributed by atoms with Gasteiger partial charge < -0.3 is 5.73 Å². The number of nitrogens with two attached hydrogens (primary N) is 1. The molecule has 2 aliphatic rings. The fourth-order valence-electron chi connectivity index (χ4n) is 3.04. The number of halogens is 1. The lowest BCUT2D eigenvalue weighted by molar-refractivity contribution is 0.504. The van der Waals surface area contributed by atoms with Crippen molar-refractivity contribution in [2.24, 2.45) is 17.6 Å². The fraction of sp³-hybridized carbons (Fsp3) is 0.385. The lowest BCUT2D eigenvalue weighted by Gasteiger charge is -2.25. The van der Waals surface area contributed by atoms with E-state index in [1.54, 1.807) is 0 Å². The Labute approximate surface area is 94.9 Å². The van der Waals surface area contributed by atoms with Crippen molar-refractivity contribution in [3.8, 4) is 0 Å². The van der Waals surface area contributed by atoms with Gasteiger partial charge in [-0.25, -0.2) is 0 Å². The molecule has 1 saturated carbocycles. The van der Waals surface area contributed by atoms with Crippen molar-refractivity contribution in [1.29, 1.82) is 0 Å². The van der Waals surface area contributed by atoms with Gasteiger partial charge in [0.2, 0.25) is 0 Å². The molecule has 0 heterocycles. The summed E-state index contributed by atoms with van der Waals surface area (Å²) >= 11 is 6.23. The van der Waals surface area contributed by atoms with E-state index in [4.69, 9.17) is 17.3 Å². The number of fused-ring (bicyclic) bond motifs is 2. The molecule has 0 radical (unpaired) electrons. The van der Waals surface area contributed by atoms with Crippen LogP contribution in [0.2, 0.25) is 5.02 Å². The third-order valence-corrected chi connectivity index (χ3v) is 4.13. The van der Waals surface area contributed by atoms with Crippen molar-refractivity contribution in [2.45, 2.75) is 18.4 Å². The predicted molar refractivity (Wildman–Crippen MR) is 62.9 cm³/mol. The van der Waals surface area contributed by atoms with Gasteiger partial charge in [0.15, 0.2) is 0 Å². The van der Waals surface area contributed by atoms with Crippen LogP contribution in [0.25, 0.3) is 0 Å². The number of benzene rings is 1. The average Bonchev–Trinajstić information content (AvgIpc) is 2.80. The highest BCUT2D eigenvalue weighted by molar-refractivity contribution is 6.31. The van der Waals surface area contributed by atoms with Crippen molar-refractivity contribution < 1.29 is 0 Å². The van der Waals surface area contributed by atoms with Crippen LogP contribution in [0.4, 0.5) is 0 Å². The third kappa shape index (κ3) is 1.34. The molecule has 0 amide bonds. The maximum Gasteiger partial charge on any atom is 0.0441 e. The Morgan fingerprint density at radius 3 is 2.53 bits per heavy atom. The Hall–Kier alpha value is -0.790. The van der Waals surface area contributed by atoms with Crippen molar-refractivity contribution in [3.05, 3.63) is 47.0 Å². The summed E-state index contributed by atoms with van der Waals surface area (Å²) in [4.78, 5) is 0. The first-order chi connectivity index (χ1) is 7.27. The van der Waals surface area contributed by atoms with Gasteiger partial charge in [0.25, 0.3) is 0 Å². The monoisotopic (exact) mass is 219 g/mol. The molecule has 0 spiro atoms. The predicted octanol–water partition coefficient (Wildman–Crippen LogP) is 2.96. The summed E-state index contributed by atoms with van der Waals surface area (Å²) in [7, 11) is 0. The van der Waals surface area contributed by atoms with Crippen LogP contribution < -0.4 is 5.73 Å². The van der Waals surface area contributed by atoms with Gasteiger partial charge >= 0.3 is 0 Å². The molecule has 2 bridgehead atoms. The minimum atomic E-state index is 0.250. The highest BCUT2D eigenvalue weighted by Crippen LogP contribution is 2.49. The summed E-state index contributed by atoms with van der Waals surface area (Å²) in [6.07, 6.45) is 5.78. The third-order valence-electron chi connectivity index (χ3n) is 3.78. The van der Waals surface area contributed by atoms with Gasteiger partial charge in [-0.05, 0) is 29.9 Å². The highest BCUT2D eigenvalue weighted by Gasteiger charge is 2.43. The van der Waals surface area contributed by atoms with Gasteiger partial charge in [-0.15, -0.1) is 0 Å². The van der Waals surface area contributed by atoms with Crippen LogP contribution in [0.3, 0.4) is 0 Å². The molecule has 0 aromatic heterocycles. The van der Waals surface area contributed by atoms with Crippen LogP contribution in [-0.4, -0.2) is 6.04 Å². The molecule has 4 atom stereocenters. The second-order valence-electron chi connectivity index (χ2n) is 4.57. The molecule has 78 valence electrons. The molecule has 2 N–H and O–H groups in total. The maximum absolute atomic E-state index is 6.26. The zero-order valence-corrected chi connectivity index (χ0v) is 9.19. The van der Waals surface area contributed by atoms with E-state index in [1.165, 1.54) is 12.0 Å². The second-order valence-corrected chi connectivity index (χ2v) is 4.98. The summed E-state index contributed by atoms with van der Waals surface area (Å²) in [6.45, 7) is 0. The average molecular weight is 220 g/mol. The lowest BCUT2D eigenvalue weighted by Crippen LogP contribution is -2.32. The molecule has 4 unspecified atom stereocenters. The molecule has 2 heteroatoms. The van der Waals surface area contributed by atoms with Crippen molar-refractivity contribution in [2.75, 3.05) is 0 Å². The summed E-state index contributed by atoms with van der Waals surface area (Å²) in [5, 5.41) is 0.860. The Balaban J connectivity index is 2.02. The fourth-order valence-corrected chi connectivity index (χ4v) is 3.31. The molecule has 2 aliphatic carbocycles. The summed E-state index contributed by atoms with van der Waals surface area (Å²) in [5.41, 5.74) is 7.48. The van der Waals surface area contributed by atoms with Crippen LogP contribution in [0, 0.1) is 11.8 Å². The topological polar surface area (TPSA) is 26.0 Å². The molecule has 15 heavy (non-hydrogen) atoms. The number of rotatable bonds is 1.